The summed E-state index contributed by atoms with van der Waals surface area (Å²) in [6.07, 6.45) is 1.88. The Hall–Kier alpha value is -5.21. The maximum Gasteiger partial charge on any atom is 0.488 e. The summed E-state index contributed by atoms with van der Waals surface area (Å²) in [5.74, 6) is -8.16. The van der Waals surface area contributed by atoms with Gasteiger partial charge in [0.15, 0.2) is 11.6 Å². The largest absolute Gasteiger partial charge is 0.505 e. The van der Waals surface area contributed by atoms with Crippen LogP contribution in [0.5, 0.6) is 11.5 Å². The van der Waals surface area contributed by atoms with Gasteiger partial charge in [-0.25, -0.2) is 4.39 Å². The molecule has 0 bridgehead atoms. The van der Waals surface area contributed by atoms with Crippen molar-refractivity contribution in [3.8, 4) is 11.5 Å². The highest BCUT2D eigenvalue weighted by atomic mass is 35.5. The van der Waals surface area contributed by atoms with Crippen LogP contribution in [0.2, 0.25) is 10.0 Å². The van der Waals surface area contributed by atoms with Crippen molar-refractivity contribution in [3.63, 3.8) is 0 Å². The van der Waals surface area contributed by atoms with Crippen LogP contribution in [0.4, 0.5) is 15.8 Å². The molecular weight excluding hydrogens is 739 g/mol. The number of fused-ring (bicyclic) bond motifs is 4. The number of allylic oxidation sites excluding steroid dienone is 2. The Balaban J connectivity index is 1.32. The molecule has 0 radical (unpaired) electrons. The maximum absolute atomic E-state index is 15.4. The summed E-state index contributed by atoms with van der Waals surface area (Å²) in [6, 6.07) is 20.8. The zero-order valence-corrected chi connectivity index (χ0v) is 30.0. The molecule has 2 heterocycles. The molecular formula is C39H31BCl2FN3O8. The van der Waals surface area contributed by atoms with Gasteiger partial charge < -0.3 is 19.9 Å². The van der Waals surface area contributed by atoms with Crippen LogP contribution in [0, 0.1) is 29.5 Å². The zero-order chi connectivity index (χ0) is 38.2. The van der Waals surface area contributed by atoms with E-state index in [9.17, 15) is 29.5 Å². The van der Waals surface area contributed by atoms with Crippen LogP contribution in [-0.4, -0.2) is 58.0 Å². The zero-order valence-electron chi connectivity index (χ0n) is 28.4. The molecule has 2 saturated heterocycles. The summed E-state index contributed by atoms with van der Waals surface area (Å²) in [6.45, 7) is 0. The van der Waals surface area contributed by atoms with Crippen LogP contribution in [0.25, 0.3) is 0 Å². The number of hydrogen-bond donors (Lipinski definition) is 4. The minimum Gasteiger partial charge on any atom is -0.505 e. The third-order valence-electron chi connectivity index (χ3n) is 11.3. The Morgan fingerprint density at radius 1 is 0.907 bits per heavy atom. The second kappa shape index (κ2) is 13.3. The maximum atomic E-state index is 15.4. The third kappa shape index (κ3) is 5.32. The van der Waals surface area contributed by atoms with E-state index in [0.717, 1.165) is 16.0 Å². The van der Waals surface area contributed by atoms with Crippen molar-refractivity contribution in [1.29, 1.82) is 0 Å². The number of imide groups is 2. The average Bonchev–Trinajstić information content (AvgIpc) is 3.54. The lowest BCUT2D eigenvalue weighted by Gasteiger charge is -2.50. The first-order valence-corrected chi connectivity index (χ1v) is 17.9. The van der Waals surface area contributed by atoms with Gasteiger partial charge in [-0.05, 0) is 89.9 Å². The minimum atomic E-state index is -1.84. The topological polar surface area (TPSA) is 157 Å². The van der Waals surface area contributed by atoms with E-state index in [1.165, 1.54) is 55.6 Å². The van der Waals surface area contributed by atoms with Crippen LogP contribution in [0.15, 0.2) is 96.6 Å². The number of carbonyl (C=O) groups is 4. The Morgan fingerprint density at radius 2 is 1.67 bits per heavy atom. The first-order chi connectivity index (χ1) is 25.9. The van der Waals surface area contributed by atoms with Gasteiger partial charge in [0.2, 0.25) is 11.8 Å². The number of hydrogen-bond acceptors (Lipinski definition) is 9. The SMILES string of the molecule is COc1ccc(C23C(=O)N(Nc4ccc(Cl)cc4Cl)C(=O)C2CC2C(=CCC4C(=O)N(c5cccc(B(O)O)c5)C(=O)C42)C3c2ccc(O)c(F)c2)cc1. The molecule has 6 unspecified atom stereocenters. The molecule has 2 aliphatic carbocycles. The van der Waals surface area contributed by atoms with Crippen molar-refractivity contribution in [2.45, 2.75) is 24.2 Å². The number of hydrazine groups is 1. The smallest absolute Gasteiger partial charge is 0.488 e. The number of phenolic OH excluding ortho intramolecular Hbond substituents is 1. The summed E-state index contributed by atoms with van der Waals surface area (Å²) < 4.78 is 20.8. The van der Waals surface area contributed by atoms with Crippen LogP contribution >= 0.6 is 23.2 Å². The van der Waals surface area contributed by atoms with E-state index in [1.54, 1.807) is 30.3 Å². The normalized spacial score (nSPS) is 26.0. The number of anilines is 2. The highest BCUT2D eigenvalue weighted by molar-refractivity contribution is 6.58. The van der Waals surface area contributed by atoms with E-state index >= 15 is 9.18 Å². The quantitative estimate of drug-likeness (QED) is 0.119. The lowest BCUT2D eigenvalue weighted by atomic mass is 9.49. The number of methoxy groups -OCH3 is 1. The second-order valence-corrected chi connectivity index (χ2v) is 14.7. The highest BCUT2D eigenvalue weighted by Gasteiger charge is 2.70. The summed E-state index contributed by atoms with van der Waals surface area (Å²) in [5.41, 5.74) is 2.92. The van der Waals surface area contributed by atoms with Gasteiger partial charge in [0, 0.05) is 10.9 Å². The van der Waals surface area contributed by atoms with E-state index in [4.69, 9.17) is 27.9 Å². The van der Waals surface area contributed by atoms with E-state index in [2.05, 4.69) is 5.43 Å². The van der Waals surface area contributed by atoms with E-state index in [1.807, 2.05) is 6.08 Å². The van der Waals surface area contributed by atoms with E-state index in [0.29, 0.717) is 21.9 Å². The molecule has 4 aliphatic rings. The number of amides is 4. The van der Waals surface area contributed by atoms with Crippen LogP contribution in [0.3, 0.4) is 0 Å². The van der Waals surface area contributed by atoms with Gasteiger partial charge in [0.25, 0.3) is 11.8 Å². The number of nitrogens with one attached hydrogen (secondary N) is 1. The summed E-state index contributed by atoms with van der Waals surface area (Å²) >= 11 is 12.6. The van der Waals surface area contributed by atoms with Crippen LogP contribution < -0.4 is 20.5 Å². The predicted molar refractivity (Wildman–Crippen MR) is 197 cm³/mol. The van der Waals surface area contributed by atoms with Crippen molar-refractivity contribution < 1.29 is 43.5 Å². The number of rotatable bonds is 7. The summed E-state index contributed by atoms with van der Waals surface area (Å²) in [5, 5.41) is 31.2. The average molecular weight is 770 g/mol. The Labute approximate surface area is 318 Å². The van der Waals surface area contributed by atoms with Gasteiger partial charge in [0.05, 0.1) is 46.7 Å². The second-order valence-electron chi connectivity index (χ2n) is 13.9. The number of benzene rings is 4. The van der Waals surface area contributed by atoms with Gasteiger partial charge in [-0.1, -0.05) is 65.2 Å². The van der Waals surface area contributed by atoms with E-state index < -0.39 is 77.3 Å². The van der Waals surface area contributed by atoms with Gasteiger partial charge in [-0.2, -0.15) is 5.01 Å². The van der Waals surface area contributed by atoms with E-state index in [-0.39, 0.29) is 40.3 Å². The molecule has 4 aromatic rings. The van der Waals surface area contributed by atoms with Crippen LogP contribution in [-0.2, 0) is 24.6 Å². The molecule has 1 saturated carbocycles. The number of ether oxygens (including phenoxy) is 1. The molecule has 4 N–H and O–H groups in total. The van der Waals surface area contributed by atoms with Crippen molar-refractivity contribution in [2.75, 3.05) is 17.4 Å². The molecule has 0 aromatic heterocycles. The molecule has 0 spiro atoms. The molecule has 2 aliphatic heterocycles. The standard InChI is InChI=1S/C39H31BCl2FN3O8/c1-54-24-9-6-20(7-10-24)39-28(36(49)46(38(39)51)44-31-13-8-22(41)17-29(31)42)18-27-25(34(39)19-5-14-32(47)30(43)15-19)11-12-26-33(27)37(50)45(35(26)48)23-4-2-3-21(16-23)40(52)53/h2-11,13-17,26-28,33-34,44,47,52-53H,12,18H2,1H3. The van der Waals surface area contributed by atoms with Gasteiger partial charge >= 0.3 is 7.12 Å². The molecule has 4 aromatic carbocycles. The Kier molecular flexibility index (Phi) is 8.80. The summed E-state index contributed by atoms with van der Waals surface area (Å²) in [7, 11) is -0.349. The third-order valence-corrected chi connectivity index (χ3v) is 11.9. The summed E-state index contributed by atoms with van der Waals surface area (Å²) in [4.78, 5) is 59.7. The molecule has 54 heavy (non-hydrogen) atoms. The molecule has 11 nitrogen and oxygen atoms in total. The van der Waals surface area contributed by atoms with Crippen LogP contribution in [0.1, 0.15) is 29.9 Å². The molecule has 15 heteroatoms. The number of phenols is 1. The lowest BCUT2D eigenvalue weighted by molar-refractivity contribution is -0.138. The van der Waals surface area contributed by atoms with Gasteiger partial charge in [0.1, 0.15) is 5.75 Å². The first-order valence-electron chi connectivity index (χ1n) is 17.1. The number of carbonyl (C=O) groups excluding carboxylic acids is 4. The fraction of sp³-hybridized carbons (Fsp3) is 0.231. The minimum absolute atomic E-state index is 0.0323. The number of nitrogens with zero attached hydrogens (tertiary/aromatic N) is 2. The number of halogens is 3. The fourth-order valence-electron chi connectivity index (χ4n) is 9.00. The van der Waals surface area contributed by atoms with Gasteiger partial charge in [-0.15, -0.1) is 0 Å². The first kappa shape index (κ1) is 35.8. The van der Waals surface area contributed by atoms with Crippen molar-refractivity contribution in [3.05, 3.63) is 124 Å². The monoisotopic (exact) mass is 769 g/mol. The molecule has 3 fully saturated rings. The molecule has 274 valence electrons. The highest BCUT2D eigenvalue weighted by Crippen LogP contribution is 2.64. The Bertz CT molecular complexity index is 2290. The lowest BCUT2D eigenvalue weighted by Crippen LogP contribution is -2.53. The predicted octanol–water partition coefficient (Wildman–Crippen LogP) is 4.72. The van der Waals surface area contributed by atoms with Crippen molar-refractivity contribution in [2.24, 2.45) is 23.7 Å². The molecule has 4 amide bonds. The fourth-order valence-corrected chi connectivity index (χ4v) is 9.45. The molecule has 6 atom stereocenters. The van der Waals surface area contributed by atoms with Gasteiger partial charge in [-0.3, -0.25) is 29.5 Å². The number of aromatic hydroxyl groups is 1. The molecule has 8 rings (SSSR count). The van der Waals surface area contributed by atoms with Crippen molar-refractivity contribution >= 4 is 70.8 Å². The van der Waals surface area contributed by atoms with Crippen molar-refractivity contribution in [1.82, 2.24) is 5.01 Å². The Morgan fingerprint density at radius 3 is 2.35 bits per heavy atom.